The number of esters is 1. The van der Waals surface area contributed by atoms with E-state index in [1.54, 1.807) is 0 Å². The van der Waals surface area contributed by atoms with Crippen LogP contribution >= 0.6 is 0 Å². The van der Waals surface area contributed by atoms with E-state index in [2.05, 4.69) is 11.9 Å². The van der Waals surface area contributed by atoms with Crippen LogP contribution in [0.25, 0.3) is 0 Å². The Morgan fingerprint density at radius 2 is 2.00 bits per heavy atom. The van der Waals surface area contributed by atoms with Crippen LogP contribution in [0.3, 0.4) is 0 Å². The van der Waals surface area contributed by atoms with Crippen LogP contribution in [0.15, 0.2) is 0 Å². The maximum atomic E-state index is 11.9. The van der Waals surface area contributed by atoms with Crippen LogP contribution in [-0.4, -0.2) is 43.2 Å². The zero-order valence-corrected chi connectivity index (χ0v) is 12.4. The Morgan fingerprint density at radius 1 is 1.32 bits per heavy atom. The van der Waals surface area contributed by atoms with Crippen LogP contribution in [0.2, 0.25) is 0 Å². The van der Waals surface area contributed by atoms with Gasteiger partial charge in [-0.15, -0.1) is 0 Å². The van der Waals surface area contributed by atoms with E-state index in [4.69, 9.17) is 10.5 Å². The van der Waals surface area contributed by atoms with Gasteiger partial charge in [-0.05, 0) is 51.6 Å². The lowest BCUT2D eigenvalue weighted by molar-refractivity contribution is -0.148. The Balaban J connectivity index is 1.85. The Hall–Kier alpha value is -0.610. The number of hydrogen-bond donors (Lipinski definition) is 1. The van der Waals surface area contributed by atoms with Crippen LogP contribution in [0.1, 0.15) is 51.4 Å². The predicted molar refractivity (Wildman–Crippen MR) is 75.8 cm³/mol. The molecule has 2 N–H and O–H groups in total. The summed E-state index contributed by atoms with van der Waals surface area (Å²) in [6.45, 7) is 1.05. The van der Waals surface area contributed by atoms with Crippen LogP contribution in [-0.2, 0) is 9.53 Å². The zero-order valence-electron chi connectivity index (χ0n) is 12.4. The van der Waals surface area contributed by atoms with E-state index in [1.165, 1.54) is 32.8 Å². The molecule has 2 aliphatic rings. The summed E-state index contributed by atoms with van der Waals surface area (Å²) in [7, 11) is 3.65. The van der Waals surface area contributed by atoms with Gasteiger partial charge in [-0.1, -0.05) is 19.3 Å². The molecule has 2 atom stereocenters. The minimum Gasteiger partial charge on any atom is -0.468 e. The molecule has 2 rings (SSSR count). The van der Waals surface area contributed by atoms with Crippen molar-refractivity contribution in [3.8, 4) is 0 Å². The number of rotatable bonds is 5. The average molecular weight is 268 g/mol. The Kier molecular flexibility index (Phi) is 4.85. The molecule has 0 spiro atoms. The predicted octanol–water partition coefficient (Wildman–Crippen LogP) is 1.92. The summed E-state index contributed by atoms with van der Waals surface area (Å²) in [4.78, 5) is 14.3. The lowest BCUT2D eigenvalue weighted by Gasteiger charge is -2.31. The monoisotopic (exact) mass is 268 g/mol. The summed E-state index contributed by atoms with van der Waals surface area (Å²) < 4.78 is 4.90. The molecule has 110 valence electrons. The molecule has 2 aliphatic carbocycles. The molecule has 0 aromatic heterocycles. The largest absolute Gasteiger partial charge is 0.468 e. The lowest BCUT2D eigenvalue weighted by Crippen LogP contribution is -2.52. The number of hydrogen-bond acceptors (Lipinski definition) is 4. The minimum atomic E-state index is -0.731. The highest BCUT2D eigenvalue weighted by Crippen LogP contribution is 2.37. The van der Waals surface area contributed by atoms with Crippen molar-refractivity contribution in [2.45, 2.75) is 62.9 Å². The summed E-state index contributed by atoms with van der Waals surface area (Å²) in [5, 5.41) is 0. The molecule has 2 fully saturated rings. The zero-order chi connectivity index (χ0) is 13.9. The van der Waals surface area contributed by atoms with Gasteiger partial charge in [0.05, 0.1) is 7.11 Å². The van der Waals surface area contributed by atoms with Crippen LogP contribution in [0.5, 0.6) is 0 Å². The first-order valence-corrected chi connectivity index (χ1v) is 7.65. The van der Waals surface area contributed by atoms with Gasteiger partial charge in [0.25, 0.3) is 0 Å². The molecule has 0 aliphatic heterocycles. The number of nitrogens with two attached hydrogens (primary N) is 1. The van der Waals surface area contributed by atoms with Crippen LogP contribution in [0.4, 0.5) is 0 Å². The van der Waals surface area contributed by atoms with Gasteiger partial charge in [0, 0.05) is 6.04 Å². The van der Waals surface area contributed by atoms with Crippen molar-refractivity contribution in [1.29, 1.82) is 0 Å². The Morgan fingerprint density at radius 3 is 2.63 bits per heavy atom. The fourth-order valence-corrected chi connectivity index (χ4v) is 3.85. The molecule has 4 heteroatoms. The van der Waals surface area contributed by atoms with Crippen molar-refractivity contribution in [3.05, 3.63) is 0 Å². The van der Waals surface area contributed by atoms with Gasteiger partial charge in [0.1, 0.15) is 5.54 Å². The quantitative estimate of drug-likeness (QED) is 0.774. The SMILES string of the molecule is COC(=O)C1(N)CCCC1CCN(C)C1CCCC1. The maximum Gasteiger partial charge on any atom is 0.326 e. The van der Waals surface area contributed by atoms with Gasteiger partial charge in [-0.2, -0.15) is 0 Å². The van der Waals surface area contributed by atoms with Gasteiger partial charge >= 0.3 is 5.97 Å². The van der Waals surface area contributed by atoms with Gasteiger partial charge in [-0.3, -0.25) is 4.79 Å². The highest BCUT2D eigenvalue weighted by Gasteiger charge is 2.46. The summed E-state index contributed by atoms with van der Waals surface area (Å²) >= 11 is 0. The van der Waals surface area contributed by atoms with E-state index in [-0.39, 0.29) is 11.9 Å². The van der Waals surface area contributed by atoms with Crippen molar-refractivity contribution in [2.24, 2.45) is 11.7 Å². The van der Waals surface area contributed by atoms with Crippen molar-refractivity contribution in [2.75, 3.05) is 20.7 Å². The second-order valence-electron chi connectivity index (χ2n) is 6.33. The first-order valence-electron chi connectivity index (χ1n) is 7.65. The van der Waals surface area contributed by atoms with E-state index in [1.807, 2.05) is 0 Å². The molecule has 2 unspecified atom stereocenters. The third-order valence-corrected chi connectivity index (χ3v) is 5.22. The second kappa shape index (κ2) is 6.23. The van der Waals surface area contributed by atoms with E-state index in [9.17, 15) is 4.79 Å². The van der Waals surface area contributed by atoms with E-state index >= 15 is 0 Å². The van der Waals surface area contributed by atoms with E-state index < -0.39 is 5.54 Å². The fourth-order valence-electron chi connectivity index (χ4n) is 3.85. The molecule has 0 bridgehead atoms. The highest BCUT2D eigenvalue weighted by atomic mass is 16.5. The minimum absolute atomic E-state index is 0.224. The normalized spacial score (nSPS) is 32.1. The number of carbonyl (C=O) groups excluding carboxylic acids is 1. The molecule has 0 amide bonds. The molecule has 0 aromatic rings. The van der Waals surface area contributed by atoms with Crippen LogP contribution in [0, 0.1) is 5.92 Å². The highest BCUT2D eigenvalue weighted by molar-refractivity contribution is 5.81. The smallest absolute Gasteiger partial charge is 0.326 e. The van der Waals surface area contributed by atoms with Crippen molar-refractivity contribution >= 4 is 5.97 Å². The molecular weight excluding hydrogens is 240 g/mol. The topological polar surface area (TPSA) is 55.6 Å². The molecule has 0 radical (unpaired) electrons. The third-order valence-electron chi connectivity index (χ3n) is 5.22. The van der Waals surface area contributed by atoms with Gasteiger partial charge < -0.3 is 15.4 Å². The van der Waals surface area contributed by atoms with E-state index in [0.717, 1.165) is 38.3 Å². The van der Waals surface area contributed by atoms with Gasteiger partial charge in [0.2, 0.25) is 0 Å². The number of methoxy groups -OCH3 is 1. The molecule has 0 aromatic carbocycles. The Bertz CT molecular complexity index is 315. The van der Waals surface area contributed by atoms with Gasteiger partial charge in [-0.25, -0.2) is 0 Å². The number of ether oxygens (including phenoxy) is 1. The standard InChI is InChI=1S/C15H28N2O2/c1-17(13-7-3-4-8-13)11-9-12-6-5-10-15(12,16)14(18)19-2/h12-13H,3-11,16H2,1-2H3. The second-order valence-corrected chi connectivity index (χ2v) is 6.33. The molecular formula is C15H28N2O2. The maximum absolute atomic E-state index is 11.9. The fraction of sp³-hybridized carbons (Fsp3) is 0.933. The van der Waals surface area contributed by atoms with Crippen molar-refractivity contribution in [1.82, 2.24) is 4.90 Å². The first-order chi connectivity index (χ1) is 9.08. The summed E-state index contributed by atoms with van der Waals surface area (Å²) in [6, 6.07) is 0.742. The molecule has 19 heavy (non-hydrogen) atoms. The summed E-state index contributed by atoms with van der Waals surface area (Å²) in [6.07, 6.45) is 9.27. The molecule has 4 nitrogen and oxygen atoms in total. The molecule has 2 saturated carbocycles. The summed E-state index contributed by atoms with van der Waals surface area (Å²) in [5.41, 5.74) is 5.57. The summed E-state index contributed by atoms with van der Waals surface area (Å²) in [5.74, 6) is 0.0577. The first kappa shape index (κ1) is 14.8. The average Bonchev–Trinajstić information content (AvgIpc) is 3.05. The number of nitrogens with zero attached hydrogens (tertiary/aromatic N) is 1. The third kappa shape index (κ3) is 3.11. The lowest BCUT2D eigenvalue weighted by atomic mass is 9.85. The molecule has 0 saturated heterocycles. The van der Waals surface area contributed by atoms with Crippen LogP contribution < -0.4 is 5.73 Å². The number of carbonyl (C=O) groups is 1. The Labute approximate surface area is 116 Å². The van der Waals surface area contributed by atoms with Gasteiger partial charge in [0.15, 0.2) is 0 Å². The molecule has 0 heterocycles. The van der Waals surface area contributed by atoms with Crippen molar-refractivity contribution < 1.29 is 9.53 Å². The van der Waals surface area contributed by atoms with Crippen molar-refractivity contribution in [3.63, 3.8) is 0 Å². The van der Waals surface area contributed by atoms with E-state index in [0.29, 0.717) is 0 Å².